The Morgan fingerprint density at radius 1 is 1.03 bits per heavy atom. The normalized spacial score (nSPS) is 19.1. The molecule has 1 saturated heterocycles. The highest BCUT2D eigenvalue weighted by molar-refractivity contribution is 7.89. The highest BCUT2D eigenvalue weighted by atomic mass is 32.2. The summed E-state index contributed by atoms with van der Waals surface area (Å²) in [7, 11) is -2.17. The SMILES string of the molecule is CNS(=O)(=O)c1ccc(C(=O)N2CCC[C@@H]2c2ccc3c(c2)OCCCO3)cc1. The maximum atomic E-state index is 13.1. The minimum Gasteiger partial charge on any atom is -0.490 e. The van der Waals surface area contributed by atoms with E-state index in [2.05, 4.69) is 4.72 Å². The monoisotopic (exact) mass is 416 g/mol. The van der Waals surface area contributed by atoms with Gasteiger partial charge in [-0.2, -0.15) is 0 Å². The van der Waals surface area contributed by atoms with E-state index in [1.165, 1.54) is 19.2 Å². The maximum absolute atomic E-state index is 13.1. The van der Waals surface area contributed by atoms with Gasteiger partial charge in [0.2, 0.25) is 10.0 Å². The number of benzene rings is 2. The number of sulfonamides is 1. The van der Waals surface area contributed by atoms with E-state index in [9.17, 15) is 13.2 Å². The summed E-state index contributed by atoms with van der Waals surface area (Å²) < 4.78 is 37.5. The molecule has 0 bridgehead atoms. The quantitative estimate of drug-likeness (QED) is 0.828. The Balaban J connectivity index is 1.57. The van der Waals surface area contributed by atoms with Crippen molar-refractivity contribution in [2.24, 2.45) is 0 Å². The fourth-order valence-corrected chi connectivity index (χ4v) is 4.53. The smallest absolute Gasteiger partial charge is 0.254 e. The lowest BCUT2D eigenvalue weighted by atomic mass is 10.0. The van der Waals surface area contributed by atoms with Gasteiger partial charge >= 0.3 is 0 Å². The van der Waals surface area contributed by atoms with Crippen LogP contribution in [0.1, 0.15) is 41.2 Å². The van der Waals surface area contributed by atoms with Crippen molar-refractivity contribution < 1.29 is 22.7 Å². The Morgan fingerprint density at radius 3 is 2.48 bits per heavy atom. The van der Waals surface area contributed by atoms with E-state index in [1.54, 1.807) is 12.1 Å². The summed E-state index contributed by atoms with van der Waals surface area (Å²) in [6.45, 7) is 1.92. The molecule has 1 fully saturated rings. The standard InChI is InChI=1S/C21H24N2O5S/c1-22-29(25,26)17-8-5-15(6-9-17)21(24)23-11-2-4-18(23)16-7-10-19-20(14-16)28-13-3-12-27-19/h5-10,14,18,22H,2-4,11-13H2,1H3/t18-/m1/s1. The van der Waals surface area contributed by atoms with Crippen molar-refractivity contribution in [3.8, 4) is 11.5 Å². The van der Waals surface area contributed by atoms with Gasteiger partial charge in [-0.25, -0.2) is 13.1 Å². The van der Waals surface area contributed by atoms with Crippen molar-refractivity contribution in [1.82, 2.24) is 9.62 Å². The second kappa shape index (κ2) is 8.04. The predicted octanol–water partition coefficient (Wildman–Crippen LogP) is 2.73. The van der Waals surface area contributed by atoms with E-state index >= 15 is 0 Å². The van der Waals surface area contributed by atoms with Crippen molar-refractivity contribution >= 4 is 15.9 Å². The molecule has 0 saturated carbocycles. The number of carbonyl (C=O) groups is 1. The van der Waals surface area contributed by atoms with Crippen LogP contribution >= 0.6 is 0 Å². The summed E-state index contributed by atoms with van der Waals surface area (Å²) in [5, 5.41) is 0. The minimum absolute atomic E-state index is 0.0413. The predicted molar refractivity (Wildman–Crippen MR) is 108 cm³/mol. The van der Waals surface area contributed by atoms with Gasteiger partial charge in [0.15, 0.2) is 11.5 Å². The maximum Gasteiger partial charge on any atom is 0.254 e. The largest absolute Gasteiger partial charge is 0.490 e. The molecule has 0 aromatic heterocycles. The summed E-state index contributed by atoms with van der Waals surface area (Å²) in [5.41, 5.74) is 1.50. The Hall–Kier alpha value is -2.58. The first kappa shape index (κ1) is 19.7. The molecule has 0 spiro atoms. The molecule has 29 heavy (non-hydrogen) atoms. The number of nitrogens with one attached hydrogen (secondary N) is 1. The molecule has 2 aromatic rings. The Morgan fingerprint density at radius 2 is 1.76 bits per heavy atom. The van der Waals surface area contributed by atoms with E-state index in [-0.39, 0.29) is 16.8 Å². The highest BCUT2D eigenvalue weighted by Gasteiger charge is 2.31. The van der Waals surface area contributed by atoms with Crippen LogP contribution in [0.4, 0.5) is 0 Å². The molecular weight excluding hydrogens is 392 g/mol. The van der Waals surface area contributed by atoms with E-state index < -0.39 is 10.0 Å². The number of rotatable bonds is 4. The lowest BCUT2D eigenvalue weighted by Crippen LogP contribution is -2.30. The first-order valence-electron chi connectivity index (χ1n) is 9.74. The molecule has 0 radical (unpaired) electrons. The molecule has 8 heteroatoms. The van der Waals surface area contributed by atoms with Crippen LogP contribution in [-0.2, 0) is 10.0 Å². The van der Waals surface area contributed by atoms with Crippen LogP contribution in [0.2, 0.25) is 0 Å². The van der Waals surface area contributed by atoms with Crippen LogP contribution in [0.25, 0.3) is 0 Å². The second-order valence-corrected chi connectivity index (χ2v) is 9.03. The van der Waals surface area contributed by atoms with Gasteiger partial charge in [0, 0.05) is 18.5 Å². The van der Waals surface area contributed by atoms with Crippen molar-refractivity contribution in [3.63, 3.8) is 0 Å². The van der Waals surface area contributed by atoms with E-state index in [1.807, 2.05) is 23.1 Å². The van der Waals surface area contributed by atoms with Crippen LogP contribution in [0.3, 0.4) is 0 Å². The number of carbonyl (C=O) groups excluding carboxylic acids is 1. The molecule has 0 aliphatic carbocycles. The summed E-state index contributed by atoms with van der Waals surface area (Å²) in [6, 6.07) is 11.9. The van der Waals surface area contributed by atoms with Crippen LogP contribution < -0.4 is 14.2 Å². The molecule has 4 rings (SSSR count). The Kier molecular flexibility index (Phi) is 5.47. The van der Waals surface area contributed by atoms with E-state index in [0.29, 0.717) is 25.3 Å². The molecule has 1 amide bonds. The van der Waals surface area contributed by atoms with Gasteiger partial charge < -0.3 is 14.4 Å². The number of fused-ring (bicyclic) bond motifs is 1. The molecule has 154 valence electrons. The molecule has 2 aliphatic heterocycles. The van der Waals surface area contributed by atoms with Crippen molar-refractivity contribution in [2.75, 3.05) is 26.8 Å². The van der Waals surface area contributed by atoms with Gasteiger partial charge in [0.1, 0.15) is 0 Å². The van der Waals surface area contributed by atoms with Gasteiger partial charge in [-0.15, -0.1) is 0 Å². The van der Waals surface area contributed by atoms with E-state index in [0.717, 1.165) is 36.3 Å². The zero-order chi connectivity index (χ0) is 20.4. The lowest BCUT2D eigenvalue weighted by Gasteiger charge is -2.26. The Labute approximate surface area is 170 Å². The summed E-state index contributed by atoms with van der Waals surface area (Å²) >= 11 is 0. The summed E-state index contributed by atoms with van der Waals surface area (Å²) in [6.07, 6.45) is 2.63. The summed E-state index contributed by atoms with van der Waals surface area (Å²) in [4.78, 5) is 15.1. The van der Waals surface area contributed by atoms with E-state index in [4.69, 9.17) is 9.47 Å². The van der Waals surface area contributed by atoms with Crippen LogP contribution in [0, 0.1) is 0 Å². The van der Waals surface area contributed by atoms with Crippen LogP contribution in [-0.4, -0.2) is 46.0 Å². The fraction of sp³-hybridized carbons (Fsp3) is 0.381. The first-order chi connectivity index (χ1) is 14.0. The van der Waals surface area contributed by atoms with Crippen molar-refractivity contribution in [3.05, 3.63) is 53.6 Å². The topological polar surface area (TPSA) is 84.9 Å². The molecule has 2 aliphatic rings. The van der Waals surface area contributed by atoms with Gasteiger partial charge in [0.25, 0.3) is 5.91 Å². The molecule has 7 nitrogen and oxygen atoms in total. The fourth-order valence-electron chi connectivity index (χ4n) is 3.80. The second-order valence-electron chi connectivity index (χ2n) is 7.15. The average molecular weight is 416 g/mol. The van der Waals surface area contributed by atoms with Gasteiger partial charge in [0.05, 0.1) is 24.2 Å². The Bertz CT molecular complexity index is 1000. The molecule has 2 aromatic carbocycles. The molecular formula is C21H24N2O5S. The average Bonchev–Trinajstić information content (AvgIpc) is 3.12. The van der Waals surface area contributed by atoms with Crippen molar-refractivity contribution in [2.45, 2.75) is 30.2 Å². The van der Waals surface area contributed by atoms with Gasteiger partial charge in [-0.1, -0.05) is 6.07 Å². The number of ether oxygens (including phenoxy) is 2. The number of amides is 1. The molecule has 1 N–H and O–H groups in total. The van der Waals surface area contributed by atoms with Crippen LogP contribution in [0.15, 0.2) is 47.4 Å². The third-order valence-electron chi connectivity index (χ3n) is 5.35. The highest BCUT2D eigenvalue weighted by Crippen LogP contribution is 2.38. The molecule has 0 unspecified atom stereocenters. The van der Waals surface area contributed by atoms with Gasteiger partial charge in [-0.3, -0.25) is 4.79 Å². The van der Waals surface area contributed by atoms with Gasteiger partial charge in [-0.05, 0) is 61.9 Å². The molecule has 2 heterocycles. The first-order valence-corrected chi connectivity index (χ1v) is 11.2. The number of hydrogen-bond acceptors (Lipinski definition) is 5. The number of likely N-dealkylation sites (tertiary alicyclic amines) is 1. The zero-order valence-corrected chi connectivity index (χ0v) is 17.1. The third kappa shape index (κ3) is 3.95. The minimum atomic E-state index is -3.53. The molecule has 1 atom stereocenters. The third-order valence-corrected chi connectivity index (χ3v) is 6.78. The summed E-state index contributed by atoms with van der Waals surface area (Å²) in [5.74, 6) is 1.36. The van der Waals surface area contributed by atoms with Crippen LogP contribution in [0.5, 0.6) is 11.5 Å². The lowest BCUT2D eigenvalue weighted by molar-refractivity contribution is 0.0735. The number of nitrogens with zero attached hydrogens (tertiary/aromatic N) is 1. The number of hydrogen-bond donors (Lipinski definition) is 1. The zero-order valence-electron chi connectivity index (χ0n) is 16.3. The van der Waals surface area contributed by atoms with Crippen molar-refractivity contribution in [1.29, 1.82) is 0 Å².